The van der Waals surface area contributed by atoms with Crippen LogP contribution in [0.3, 0.4) is 0 Å². The van der Waals surface area contributed by atoms with Crippen LogP contribution in [-0.2, 0) is 4.79 Å². The minimum Gasteiger partial charge on any atom is -0.481 e. The fourth-order valence-electron chi connectivity index (χ4n) is 0.962. The minimum absolute atomic E-state index is 0.138. The number of carboxylic acid groups (broad SMARTS) is 1. The van der Waals surface area contributed by atoms with Gasteiger partial charge in [-0.05, 0) is 11.4 Å². The molecule has 0 bridgehead atoms. The van der Waals surface area contributed by atoms with Gasteiger partial charge in [0.1, 0.15) is 0 Å². The Bertz CT molecular complexity index is 301. The normalized spacial score (nSPS) is 9.62. The molecule has 2 N–H and O–H groups in total. The Labute approximate surface area is 79.4 Å². The van der Waals surface area contributed by atoms with E-state index in [9.17, 15) is 4.79 Å². The Balaban J connectivity index is 2.45. The lowest BCUT2D eigenvalue weighted by Crippen LogP contribution is -2.11. The summed E-state index contributed by atoms with van der Waals surface area (Å²) in [6, 6.07) is 7.72. The summed E-state index contributed by atoms with van der Waals surface area (Å²) in [4.78, 5) is 10.2. The predicted octanol–water partition coefficient (Wildman–Crippen LogP) is 1.07. The molecule has 0 saturated carbocycles. The number of anilines is 1. The van der Waals surface area contributed by atoms with E-state index in [1.165, 1.54) is 0 Å². The maximum absolute atomic E-state index is 10.2. The second-order valence-electron chi connectivity index (χ2n) is 2.66. The molecule has 0 aliphatic heterocycles. The Kier molecular flexibility index (Phi) is 3.71. The van der Waals surface area contributed by atoms with Crippen LogP contribution in [0.5, 0.6) is 0 Å². The standard InChI is InChI=1S/C9H12NO2P/c11-9(12)5-6-10-7-3-1-2-4-8(7)13/h1-4,10H,5-6,13H2,(H,11,12). The van der Waals surface area contributed by atoms with Gasteiger partial charge >= 0.3 is 5.97 Å². The van der Waals surface area contributed by atoms with Crippen LogP contribution >= 0.6 is 9.24 Å². The molecular formula is C9H12NO2P. The molecule has 0 saturated heterocycles. The summed E-state index contributed by atoms with van der Waals surface area (Å²) in [5.41, 5.74) is 0.966. The third-order valence-electron chi connectivity index (χ3n) is 1.62. The summed E-state index contributed by atoms with van der Waals surface area (Å²) in [6.45, 7) is 0.459. The summed E-state index contributed by atoms with van der Waals surface area (Å²) >= 11 is 0. The van der Waals surface area contributed by atoms with E-state index in [-0.39, 0.29) is 6.42 Å². The van der Waals surface area contributed by atoms with Crippen molar-refractivity contribution in [1.82, 2.24) is 0 Å². The molecule has 70 valence electrons. The van der Waals surface area contributed by atoms with Gasteiger partial charge in [0.05, 0.1) is 6.42 Å². The Morgan fingerprint density at radius 2 is 2.15 bits per heavy atom. The SMILES string of the molecule is O=C(O)CCNc1ccccc1P. The van der Waals surface area contributed by atoms with Gasteiger partial charge in [-0.1, -0.05) is 18.2 Å². The van der Waals surface area contributed by atoms with Gasteiger partial charge in [-0.2, -0.15) is 0 Å². The summed E-state index contributed by atoms with van der Waals surface area (Å²) in [5, 5.41) is 12.5. The zero-order valence-electron chi connectivity index (χ0n) is 7.16. The maximum Gasteiger partial charge on any atom is 0.305 e. The van der Waals surface area contributed by atoms with Crippen molar-refractivity contribution in [2.45, 2.75) is 6.42 Å². The van der Waals surface area contributed by atoms with Crippen molar-refractivity contribution < 1.29 is 9.90 Å². The Hall–Kier alpha value is -1.08. The zero-order valence-corrected chi connectivity index (χ0v) is 8.31. The largest absolute Gasteiger partial charge is 0.481 e. The molecule has 4 heteroatoms. The molecular weight excluding hydrogens is 185 g/mol. The fraction of sp³-hybridized carbons (Fsp3) is 0.222. The smallest absolute Gasteiger partial charge is 0.305 e. The number of para-hydroxylation sites is 1. The van der Waals surface area contributed by atoms with Gasteiger partial charge in [-0.3, -0.25) is 4.79 Å². The maximum atomic E-state index is 10.2. The van der Waals surface area contributed by atoms with Crippen molar-refractivity contribution in [3.8, 4) is 0 Å². The summed E-state index contributed by atoms with van der Waals surface area (Å²) in [5.74, 6) is -0.784. The molecule has 0 fully saturated rings. The second kappa shape index (κ2) is 4.83. The first-order valence-corrected chi connectivity index (χ1v) is 4.58. The summed E-state index contributed by atoms with van der Waals surface area (Å²) in [6.07, 6.45) is 0.138. The molecule has 0 aliphatic rings. The number of rotatable bonds is 4. The van der Waals surface area contributed by atoms with Crippen molar-refractivity contribution in [2.75, 3.05) is 11.9 Å². The van der Waals surface area contributed by atoms with Crippen LogP contribution in [0.2, 0.25) is 0 Å². The quantitative estimate of drug-likeness (QED) is 0.710. The number of carbonyl (C=O) groups is 1. The lowest BCUT2D eigenvalue weighted by molar-refractivity contribution is -0.136. The molecule has 0 heterocycles. The topological polar surface area (TPSA) is 49.3 Å². The molecule has 3 nitrogen and oxygen atoms in total. The molecule has 1 aromatic carbocycles. The third kappa shape index (κ3) is 3.43. The highest BCUT2D eigenvalue weighted by Crippen LogP contribution is 2.06. The van der Waals surface area contributed by atoms with Crippen LogP contribution in [0.1, 0.15) is 6.42 Å². The highest BCUT2D eigenvalue weighted by atomic mass is 31.0. The molecule has 0 spiro atoms. The van der Waals surface area contributed by atoms with E-state index in [0.717, 1.165) is 11.0 Å². The van der Waals surface area contributed by atoms with Crippen LogP contribution in [0.25, 0.3) is 0 Å². The first kappa shape index (κ1) is 10.0. The Morgan fingerprint density at radius 1 is 1.46 bits per heavy atom. The molecule has 0 aliphatic carbocycles. The first-order valence-electron chi connectivity index (χ1n) is 4.00. The van der Waals surface area contributed by atoms with Gasteiger partial charge < -0.3 is 10.4 Å². The van der Waals surface area contributed by atoms with Gasteiger partial charge in [0.25, 0.3) is 0 Å². The van der Waals surface area contributed by atoms with E-state index in [1.807, 2.05) is 24.3 Å². The van der Waals surface area contributed by atoms with E-state index < -0.39 is 5.97 Å². The van der Waals surface area contributed by atoms with E-state index in [1.54, 1.807) is 0 Å². The highest BCUT2D eigenvalue weighted by Gasteiger charge is 1.98. The number of aliphatic carboxylic acids is 1. The monoisotopic (exact) mass is 197 g/mol. The van der Waals surface area contributed by atoms with E-state index in [2.05, 4.69) is 14.6 Å². The molecule has 1 unspecified atom stereocenters. The van der Waals surface area contributed by atoms with Crippen molar-refractivity contribution >= 4 is 26.2 Å². The van der Waals surface area contributed by atoms with Crippen molar-refractivity contribution in [2.24, 2.45) is 0 Å². The molecule has 1 atom stereocenters. The van der Waals surface area contributed by atoms with Crippen molar-refractivity contribution in [1.29, 1.82) is 0 Å². The van der Waals surface area contributed by atoms with Gasteiger partial charge in [-0.25, -0.2) is 0 Å². The fourth-order valence-corrected chi connectivity index (χ4v) is 1.27. The third-order valence-corrected chi connectivity index (χ3v) is 2.12. The second-order valence-corrected chi connectivity index (χ2v) is 3.28. The van der Waals surface area contributed by atoms with Crippen LogP contribution in [0.4, 0.5) is 5.69 Å². The van der Waals surface area contributed by atoms with E-state index >= 15 is 0 Å². The molecule has 1 rings (SSSR count). The molecule has 0 radical (unpaired) electrons. The zero-order chi connectivity index (χ0) is 9.68. The van der Waals surface area contributed by atoms with Crippen LogP contribution in [0, 0.1) is 0 Å². The van der Waals surface area contributed by atoms with Crippen molar-refractivity contribution in [3.05, 3.63) is 24.3 Å². The molecule has 13 heavy (non-hydrogen) atoms. The van der Waals surface area contributed by atoms with Crippen LogP contribution in [0.15, 0.2) is 24.3 Å². The average molecular weight is 197 g/mol. The summed E-state index contributed by atoms with van der Waals surface area (Å²) in [7, 11) is 2.60. The van der Waals surface area contributed by atoms with Gasteiger partial charge in [0.2, 0.25) is 0 Å². The molecule has 1 aromatic rings. The average Bonchev–Trinajstić information content (AvgIpc) is 2.08. The number of carboxylic acids is 1. The van der Waals surface area contributed by atoms with Gasteiger partial charge in [-0.15, -0.1) is 9.24 Å². The first-order chi connectivity index (χ1) is 6.20. The van der Waals surface area contributed by atoms with Crippen LogP contribution < -0.4 is 10.6 Å². The molecule has 0 amide bonds. The molecule has 0 aromatic heterocycles. The number of hydrogen-bond acceptors (Lipinski definition) is 2. The summed E-state index contributed by atoms with van der Waals surface area (Å²) < 4.78 is 0. The predicted molar refractivity (Wildman–Crippen MR) is 56.5 cm³/mol. The van der Waals surface area contributed by atoms with Gasteiger partial charge in [0.15, 0.2) is 0 Å². The lowest BCUT2D eigenvalue weighted by atomic mass is 10.3. The lowest BCUT2D eigenvalue weighted by Gasteiger charge is -2.06. The number of hydrogen-bond donors (Lipinski definition) is 2. The number of benzene rings is 1. The van der Waals surface area contributed by atoms with Crippen molar-refractivity contribution in [3.63, 3.8) is 0 Å². The van der Waals surface area contributed by atoms with E-state index in [0.29, 0.717) is 6.54 Å². The highest BCUT2D eigenvalue weighted by molar-refractivity contribution is 7.28. The number of nitrogens with one attached hydrogen (secondary N) is 1. The van der Waals surface area contributed by atoms with Crippen LogP contribution in [-0.4, -0.2) is 17.6 Å². The van der Waals surface area contributed by atoms with E-state index in [4.69, 9.17) is 5.11 Å². The Morgan fingerprint density at radius 3 is 2.77 bits per heavy atom. The minimum atomic E-state index is -0.784. The van der Waals surface area contributed by atoms with Gasteiger partial charge in [0, 0.05) is 12.2 Å².